The van der Waals surface area contributed by atoms with Crippen LogP contribution in [0, 0.1) is 0 Å². The van der Waals surface area contributed by atoms with Gasteiger partial charge < -0.3 is 9.84 Å². The lowest BCUT2D eigenvalue weighted by atomic mass is 10.1. The van der Waals surface area contributed by atoms with Gasteiger partial charge in [0.2, 0.25) is 0 Å². The minimum absolute atomic E-state index is 0.243. The number of hydrogen-bond acceptors (Lipinski definition) is 4. The number of amides is 1. The molecule has 5 nitrogen and oxygen atoms in total. The van der Waals surface area contributed by atoms with Crippen LogP contribution in [-0.4, -0.2) is 29.1 Å². The number of rotatable bonds is 7. The molecule has 0 bridgehead atoms. The first-order valence-corrected chi connectivity index (χ1v) is 9.12. The van der Waals surface area contributed by atoms with E-state index in [-0.39, 0.29) is 11.6 Å². The molecular formula is C22H25N3O2. The molecule has 0 fully saturated rings. The van der Waals surface area contributed by atoms with Gasteiger partial charge in [0.05, 0.1) is 0 Å². The summed E-state index contributed by atoms with van der Waals surface area (Å²) in [4.78, 5) is 14.7. The molecule has 0 aliphatic heterocycles. The van der Waals surface area contributed by atoms with Crippen molar-refractivity contribution < 1.29 is 9.32 Å². The first-order valence-electron chi connectivity index (χ1n) is 9.12. The predicted molar refractivity (Wildman–Crippen MR) is 106 cm³/mol. The number of carbonyl (C=O) groups excluding carboxylic acids is 1. The van der Waals surface area contributed by atoms with Crippen LogP contribution in [0.4, 0.5) is 0 Å². The molecule has 0 aliphatic rings. The topological polar surface area (TPSA) is 58.4 Å². The van der Waals surface area contributed by atoms with E-state index in [4.69, 9.17) is 4.52 Å². The summed E-state index contributed by atoms with van der Waals surface area (Å²) < 4.78 is 5.31. The van der Waals surface area contributed by atoms with Gasteiger partial charge >= 0.3 is 0 Å². The third-order valence-corrected chi connectivity index (χ3v) is 4.66. The lowest BCUT2D eigenvalue weighted by molar-refractivity contribution is 0.0941. The molecule has 1 heterocycles. The van der Waals surface area contributed by atoms with Gasteiger partial charge in [-0.3, -0.25) is 9.69 Å². The lowest BCUT2D eigenvalue weighted by Gasteiger charge is -2.22. The predicted octanol–water partition coefficient (Wildman–Crippen LogP) is 4.11. The second-order valence-corrected chi connectivity index (χ2v) is 6.90. The van der Waals surface area contributed by atoms with Crippen molar-refractivity contribution in [2.75, 3.05) is 7.05 Å². The van der Waals surface area contributed by atoms with Crippen molar-refractivity contribution in [1.82, 2.24) is 15.4 Å². The number of benzene rings is 2. The monoisotopic (exact) mass is 363 g/mol. The van der Waals surface area contributed by atoms with Crippen molar-refractivity contribution in [1.29, 1.82) is 0 Å². The molecule has 5 heteroatoms. The van der Waals surface area contributed by atoms with Gasteiger partial charge in [-0.25, -0.2) is 0 Å². The maximum absolute atomic E-state index is 12.5. The van der Waals surface area contributed by atoms with Gasteiger partial charge in [0, 0.05) is 30.8 Å². The molecule has 0 saturated heterocycles. The van der Waals surface area contributed by atoms with Crippen molar-refractivity contribution in [2.45, 2.75) is 33.0 Å². The van der Waals surface area contributed by atoms with E-state index in [0.717, 1.165) is 17.7 Å². The average Bonchev–Trinajstić information content (AvgIpc) is 3.18. The molecular weight excluding hydrogens is 338 g/mol. The lowest BCUT2D eigenvalue weighted by Crippen LogP contribution is -2.27. The number of carbonyl (C=O) groups is 1. The first kappa shape index (κ1) is 18.9. The summed E-state index contributed by atoms with van der Waals surface area (Å²) in [6.07, 6.45) is 0. The maximum atomic E-state index is 12.5. The largest absolute Gasteiger partial charge is 0.355 e. The normalized spacial score (nSPS) is 11.1. The summed E-state index contributed by atoms with van der Waals surface area (Å²) in [5.74, 6) is 0.340. The summed E-state index contributed by atoms with van der Waals surface area (Å²) in [6.45, 7) is 5.62. The van der Waals surface area contributed by atoms with E-state index in [1.807, 2.05) is 48.5 Å². The van der Waals surface area contributed by atoms with Gasteiger partial charge in [0.1, 0.15) is 0 Å². The number of aromatic nitrogens is 1. The van der Waals surface area contributed by atoms with Gasteiger partial charge in [-0.05, 0) is 32.0 Å². The first-order chi connectivity index (χ1) is 13.0. The molecule has 0 saturated carbocycles. The maximum Gasteiger partial charge on any atom is 0.273 e. The van der Waals surface area contributed by atoms with E-state index in [2.05, 4.69) is 42.3 Å². The number of hydrogen-bond donors (Lipinski definition) is 1. The van der Waals surface area contributed by atoms with E-state index < -0.39 is 0 Å². The SMILES string of the molecule is CC(C)N(C)Cc1ccccc1CNC(=O)c1cc(-c2ccccc2)on1. The van der Waals surface area contributed by atoms with Gasteiger partial charge in [-0.1, -0.05) is 59.8 Å². The summed E-state index contributed by atoms with van der Waals surface area (Å²) in [7, 11) is 2.10. The minimum atomic E-state index is -0.243. The van der Waals surface area contributed by atoms with Crippen molar-refractivity contribution in [3.63, 3.8) is 0 Å². The highest BCUT2D eigenvalue weighted by atomic mass is 16.5. The zero-order valence-electron chi connectivity index (χ0n) is 16.0. The Kier molecular flexibility index (Phi) is 6.04. The third kappa shape index (κ3) is 4.83. The molecule has 0 spiro atoms. The van der Waals surface area contributed by atoms with E-state index in [1.165, 1.54) is 5.56 Å². The molecule has 27 heavy (non-hydrogen) atoms. The van der Waals surface area contributed by atoms with Gasteiger partial charge in [-0.2, -0.15) is 0 Å². The summed E-state index contributed by atoms with van der Waals surface area (Å²) in [6, 6.07) is 19.9. The molecule has 0 radical (unpaired) electrons. The molecule has 3 rings (SSSR count). The Morgan fingerprint density at radius 2 is 1.74 bits per heavy atom. The second kappa shape index (κ2) is 8.64. The van der Waals surface area contributed by atoms with Crippen LogP contribution in [0.2, 0.25) is 0 Å². The second-order valence-electron chi connectivity index (χ2n) is 6.90. The van der Waals surface area contributed by atoms with Crippen molar-refractivity contribution in [3.05, 3.63) is 77.5 Å². The standard InChI is InChI=1S/C22H25N3O2/c1-16(2)25(3)15-19-12-8-7-11-18(19)14-23-22(26)20-13-21(27-24-20)17-9-5-4-6-10-17/h4-13,16H,14-15H2,1-3H3,(H,23,26). The smallest absolute Gasteiger partial charge is 0.273 e. The average molecular weight is 363 g/mol. The highest BCUT2D eigenvalue weighted by Crippen LogP contribution is 2.20. The fraction of sp³-hybridized carbons (Fsp3) is 0.273. The van der Waals surface area contributed by atoms with Crippen LogP contribution < -0.4 is 5.32 Å². The zero-order valence-corrected chi connectivity index (χ0v) is 16.0. The minimum Gasteiger partial charge on any atom is -0.355 e. The molecule has 3 aromatic rings. The van der Waals surface area contributed by atoms with Crippen molar-refractivity contribution in [2.24, 2.45) is 0 Å². The fourth-order valence-corrected chi connectivity index (χ4v) is 2.72. The van der Waals surface area contributed by atoms with Crippen LogP contribution in [0.3, 0.4) is 0 Å². The highest BCUT2D eigenvalue weighted by Gasteiger charge is 2.14. The fourth-order valence-electron chi connectivity index (χ4n) is 2.72. The van der Waals surface area contributed by atoms with Gasteiger partial charge in [-0.15, -0.1) is 0 Å². The Morgan fingerprint density at radius 1 is 1.07 bits per heavy atom. The Morgan fingerprint density at radius 3 is 2.44 bits per heavy atom. The van der Waals surface area contributed by atoms with Gasteiger partial charge in [0.15, 0.2) is 11.5 Å². The Hall–Kier alpha value is -2.92. The van der Waals surface area contributed by atoms with Crippen LogP contribution >= 0.6 is 0 Å². The van der Waals surface area contributed by atoms with Crippen LogP contribution in [0.15, 0.2) is 65.2 Å². The van der Waals surface area contributed by atoms with E-state index in [1.54, 1.807) is 6.07 Å². The van der Waals surface area contributed by atoms with Gasteiger partial charge in [0.25, 0.3) is 5.91 Å². The summed E-state index contributed by atoms with van der Waals surface area (Å²) in [5.41, 5.74) is 3.49. The van der Waals surface area contributed by atoms with E-state index in [0.29, 0.717) is 18.3 Å². The van der Waals surface area contributed by atoms with Crippen LogP contribution in [0.1, 0.15) is 35.5 Å². The molecule has 140 valence electrons. The number of nitrogens with zero attached hydrogens (tertiary/aromatic N) is 2. The quantitative estimate of drug-likeness (QED) is 0.686. The van der Waals surface area contributed by atoms with Crippen LogP contribution in [-0.2, 0) is 13.1 Å². The van der Waals surface area contributed by atoms with Crippen LogP contribution in [0.5, 0.6) is 0 Å². The zero-order chi connectivity index (χ0) is 19.2. The number of nitrogens with one attached hydrogen (secondary N) is 1. The Labute approximate surface area is 160 Å². The summed E-state index contributed by atoms with van der Waals surface area (Å²) in [5, 5.41) is 6.85. The summed E-state index contributed by atoms with van der Waals surface area (Å²) >= 11 is 0. The van der Waals surface area contributed by atoms with E-state index >= 15 is 0 Å². The molecule has 1 aromatic heterocycles. The van der Waals surface area contributed by atoms with Crippen molar-refractivity contribution >= 4 is 5.91 Å². The molecule has 1 amide bonds. The highest BCUT2D eigenvalue weighted by molar-refractivity contribution is 5.93. The Bertz CT molecular complexity index is 887. The molecule has 0 aliphatic carbocycles. The molecule has 1 N–H and O–H groups in total. The van der Waals surface area contributed by atoms with Crippen LogP contribution in [0.25, 0.3) is 11.3 Å². The molecule has 0 atom stereocenters. The van der Waals surface area contributed by atoms with Crippen molar-refractivity contribution in [3.8, 4) is 11.3 Å². The molecule has 0 unspecified atom stereocenters. The van der Waals surface area contributed by atoms with E-state index in [9.17, 15) is 4.79 Å². The molecule has 2 aromatic carbocycles. The Balaban J connectivity index is 1.66. The third-order valence-electron chi connectivity index (χ3n) is 4.66.